The van der Waals surface area contributed by atoms with Crippen LogP contribution < -0.4 is 0 Å². The number of hydrogen-bond acceptors (Lipinski definition) is 9. The second-order valence-corrected chi connectivity index (χ2v) is 10.9. The standard InChI is InChI=1S/C22H36O9/c1-19(2)23-10-13(27-19)11-9-12(26-20(3,4)25-11)14-15-16(29-21(5,6)28-15)17-18(24-14)31-22(7,8)30-17/h11-18H,9-10H2,1-8H3/t11-,12+,13+,14+,15-,16-,17+,18+/m0/s1. The van der Waals surface area contributed by atoms with E-state index in [4.69, 9.17) is 42.6 Å². The Morgan fingerprint density at radius 1 is 0.484 bits per heavy atom. The highest BCUT2D eigenvalue weighted by atomic mass is 16.9. The van der Waals surface area contributed by atoms with Gasteiger partial charge >= 0.3 is 0 Å². The monoisotopic (exact) mass is 444 g/mol. The van der Waals surface area contributed by atoms with Crippen molar-refractivity contribution in [1.82, 2.24) is 0 Å². The van der Waals surface area contributed by atoms with E-state index in [2.05, 4.69) is 0 Å². The van der Waals surface area contributed by atoms with Gasteiger partial charge in [-0.3, -0.25) is 0 Å². The molecule has 0 aromatic heterocycles. The number of rotatable bonds is 2. The summed E-state index contributed by atoms with van der Waals surface area (Å²) < 4.78 is 55.6. The first-order valence-electron chi connectivity index (χ1n) is 11.3. The first-order chi connectivity index (χ1) is 14.2. The molecule has 9 heteroatoms. The molecule has 0 aliphatic carbocycles. The van der Waals surface area contributed by atoms with Crippen molar-refractivity contribution in [2.45, 2.75) is 134 Å². The second-order valence-electron chi connectivity index (χ2n) is 10.9. The van der Waals surface area contributed by atoms with Crippen molar-refractivity contribution < 1.29 is 42.6 Å². The third-order valence-corrected chi connectivity index (χ3v) is 6.34. The topological polar surface area (TPSA) is 83.1 Å². The molecule has 0 N–H and O–H groups in total. The first-order valence-corrected chi connectivity index (χ1v) is 11.3. The second kappa shape index (κ2) is 7.07. The lowest BCUT2D eigenvalue weighted by Crippen LogP contribution is -2.62. The average Bonchev–Trinajstić information content (AvgIpc) is 3.23. The van der Waals surface area contributed by atoms with Gasteiger partial charge in [0.25, 0.3) is 0 Å². The molecule has 0 bridgehead atoms. The Balaban J connectivity index is 1.40. The van der Waals surface area contributed by atoms with Gasteiger partial charge in [-0.15, -0.1) is 0 Å². The van der Waals surface area contributed by atoms with Crippen molar-refractivity contribution in [2.75, 3.05) is 6.61 Å². The molecule has 0 spiro atoms. The van der Waals surface area contributed by atoms with Gasteiger partial charge in [0.15, 0.2) is 29.4 Å². The minimum absolute atomic E-state index is 0.185. The molecule has 0 aromatic carbocycles. The lowest BCUT2D eigenvalue weighted by molar-refractivity contribution is -0.349. The van der Waals surface area contributed by atoms with Gasteiger partial charge in [-0.1, -0.05) is 0 Å². The molecule has 0 radical (unpaired) electrons. The largest absolute Gasteiger partial charge is 0.348 e. The summed E-state index contributed by atoms with van der Waals surface area (Å²) in [6.45, 7) is 15.7. The van der Waals surface area contributed by atoms with Crippen molar-refractivity contribution in [1.29, 1.82) is 0 Å². The Hall–Kier alpha value is -0.360. The van der Waals surface area contributed by atoms with Crippen LogP contribution in [0.15, 0.2) is 0 Å². The van der Waals surface area contributed by atoms with E-state index in [1.54, 1.807) is 0 Å². The van der Waals surface area contributed by atoms with Crippen LogP contribution in [0.1, 0.15) is 61.8 Å². The highest BCUT2D eigenvalue weighted by Crippen LogP contribution is 2.47. The molecule has 5 saturated heterocycles. The fourth-order valence-electron chi connectivity index (χ4n) is 5.35. The molecular weight excluding hydrogens is 408 g/mol. The van der Waals surface area contributed by atoms with Gasteiger partial charge in [0, 0.05) is 6.42 Å². The van der Waals surface area contributed by atoms with Crippen molar-refractivity contribution in [2.24, 2.45) is 0 Å². The Labute approximate surface area is 183 Å². The van der Waals surface area contributed by atoms with Gasteiger partial charge in [-0.05, 0) is 55.4 Å². The van der Waals surface area contributed by atoms with E-state index in [1.165, 1.54) is 0 Å². The third kappa shape index (κ3) is 4.29. The van der Waals surface area contributed by atoms with Gasteiger partial charge in [0.05, 0.1) is 18.8 Å². The number of hydrogen-bond donors (Lipinski definition) is 0. The maximum absolute atomic E-state index is 6.43. The molecular formula is C22H36O9. The molecule has 0 unspecified atom stereocenters. The fraction of sp³-hybridized carbons (Fsp3) is 1.00. The molecule has 5 aliphatic rings. The van der Waals surface area contributed by atoms with Crippen LogP contribution >= 0.6 is 0 Å². The van der Waals surface area contributed by atoms with E-state index >= 15 is 0 Å². The third-order valence-electron chi connectivity index (χ3n) is 6.34. The van der Waals surface area contributed by atoms with Crippen molar-refractivity contribution >= 4 is 0 Å². The molecule has 5 fully saturated rings. The minimum atomic E-state index is -0.819. The molecule has 0 saturated carbocycles. The van der Waals surface area contributed by atoms with Crippen LogP contribution in [0.5, 0.6) is 0 Å². The summed E-state index contributed by atoms with van der Waals surface area (Å²) in [6.07, 6.45) is -2.13. The molecule has 5 heterocycles. The summed E-state index contributed by atoms with van der Waals surface area (Å²) in [4.78, 5) is 0. The van der Waals surface area contributed by atoms with Crippen LogP contribution in [0.25, 0.3) is 0 Å². The molecule has 31 heavy (non-hydrogen) atoms. The maximum atomic E-state index is 6.43. The van der Waals surface area contributed by atoms with Crippen LogP contribution in [0.4, 0.5) is 0 Å². The Bertz CT molecular complexity index is 705. The normalized spacial score (nSPS) is 49.5. The maximum Gasteiger partial charge on any atom is 0.190 e. The lowest BCUT2D eigenvalue weighted by Gasteiger charge is -2.48. The van der Waals surface area contributed by atoms with Crippen molar-refractivity contribution in [3.63, 3.8) is 0 Å². The zero-order valence-electron chi connectivity index (χ0n) is 19.7. The summed E-state index contributed by atoms with van der Waals surface area (Å²) in [5.41, 5.74) is 0. The summed E-state index contributed by atoms with van der Waals surface area (Å²) in [5, 5.41) is 0. The number of ether oxygens (including phenoxy) is 9. The van der Waals surface area contributed by atoms with Gasteiger partial charge < -0.3 is 42.6 Å². The average molecular weight is 445 g/mol. The number of fused-ring (bicyclic) bond motifs is 3. The smallest absolute Gasteiger partial charge is 0.190 e. The van der Waals surface area contributed by atoms with Gasteiger partial charge in [-0.25, -0.2) is 0 Å². The van der Waals surface area contributed by atoms with E-state index in [1.807, 2.05) is 55.4 Å². The highest BCUT2D eigenvalue weighted by Gasteiger charge is 2.63. The van der Waals surface area contributed by atoms with Gasteiger partial charge in [0.1, 0.15) is 30.5 Å². The van der Waals surface area contributed by atoms with Crippen LogP contribution in [-0.2, 0) is 42.6 Å². The zero-order chi connectivity index (χ0) is 22.4. The summed E-state index contributed by atoms with van der Waals surface area (Å²) in [5.74, 6) is -2.96. The van der Waals surface area contributed by atoms with Crippen LogP contribution in [0, 0.1) is 0 Å². The van der Waals surface area contributed by atoms with Gasteiger partial charge in [-0.2, -0.15) is 0 Å². The molecule has 0 aromatic rings. The molecule has 8 atom stereocenters. The predicted octanol–water partition coefficient (Wildman–Crippen LogP) is 2.44. The van der Waals surface area contributed by atoms with Crippen LogP contribution in [0.2, 0.25) is 0 Å². The Morgan fingerprint density at radius 2 is 1.00 bits per heavy atom. The molecule has 0 amide bonds. The summed E-state index contributed by atoms with van der Waals surface area (Å²) >= 11 is 0. The molecule has 5 rings (SSSR count). The van der Waals surface area contributed by atoms with Crippen molar-refractivity contribution in [3.05, 3.63) is 0 Å². The van der Waals surface area contributed by atoms with E-state index in [-0.39, 0.29) is 36.6 Å². The summed E-state index contributed by atoms with van der Waals surface area (Å²) in [6, 6.07) is 0. The highest BCUT2D eigenvalue weighted by molar-refractivity contribution is 5.03. The minimum Gasteiger partial charge on any atom is -0.348 e. The lowest BCUT2D eigenvalue weighted by atomic mass is 9.91. The zero-order valence-corrected chi connectivity index (χ0v) is 19.7. The molecule has 178 valence electrons. The van der Waals surface area contributed by atoms with E-state index in [0.717, 1.165) is 0 Å². The van der Waals surface area contributed by atoms with Crippen LogP contribution in [0.3, 0.4) is 0 Å². The fourth-order valence-corrected chi connectivity index (χ4v) is 5.35. The molecule has 9 nitrogen and oxygen atoms in total. The van der Waals surface area contributed by atoms with Crippen molar-refractivity contribution in [3.8, 4) is 0 Å². The summed E-state index contributed by atoms with van der Waals surface area (Å²) in [7, 11) is 0. The Kier molecular flexibility index (Phi) is 5.12. The van der Waals surface area contributed by atoms with E-state index < -0.39 is 35.5 Å². The van der Waals surface area contributed by atoms with E-state index in [9.17, 15) is 0 Å². The first kappa shape index (κ1) is 22.4. The SMILES string of the molecule is CC1(C)O[C@@H]2[C@H](O1)[C@H]1OC(C)(C)O[C@H]1O[C@@H]2[C@H]1C[C@@H]([C@H]2COC(C)(C)O2)OC(C)(C)O1. The Morgan fingerprint density at radius 3 is 1.65 bits per heavy atom. The quantitative estimate of drug-likeness (QED) is 0.638. The predicted molar refractivity (Wildman–Crippen MR) is 106 cm³/mol. The molecule has 5 aliphatic heterocycles. The van der Waals surface area contributed by atoms with Gasteiger partial charge in [0.2, 0.25) is 0 Å². The van der Waals surface area contributed by atoms with Crippen LogP contribution in [-0.4, -0.2) is 78.8 Å². The van der Waals surface area contributed by atoms with E-state index in [0.29, 0.717) is 13.0 Å².